The summed E-state index contributed by atoms with van der Waals surface area (Å²) in [5.74, 6) is -1.73. The van der Waals surface area contributed by atoms with Gasteiger partial charge >= 0.3 is 0 Å². The first-order valence-electron chi connectivity index (χ1n) is 7.39. The minimum Gasteiger partial charge on any atom is -0.354 e. The summed E-state index contributed by atoms with van der Waals surface area (Å²) in [6.45, 7) is 2.23. The molecule has 0 saturated carbocycles. The third kappa shape index (κ3) is 4.08. The highest BCUT2D eigenvalue weighted by Crippen LogP contribution is 2.16. The number of amides is 1. The van der Waals surface area contributed by atoms with Gasteiger partial charge in [-0.2, -0.15) is 0 Å². The summed E-state index contributed by atoms with van der Waals surface area (Å²) in [6.07, 6.45) is 1.91. The van der Waals surface area contributed by atoms with Crippen LogP contribution in [0.2, 0.25) is 5.02 Å². The number of ketones is 1. The number of halogens is 2. The molecule has 0 aliphatic rings. The molecule has 1 aromatic carbocycles. The monoisotopic (exact) mass is 350 g/mol. The lowest BCUT2D eigenvalue weighted by Gasteiger charge is -2.18. The van der Waals surface area contributed by atoms with Crippen LogP contribution in [0.15, 0.2) is 47.4 Å². The Labute approximate surface area is 143 Å². The highest BCUT2D eigenvalue weighted by molar-refractivity contribution is 6.30. The van der Waals surface area contributed by atoms with Crippen LogP contribution < -0.4 is 10.9 Å². The highest BCUT2D eigenvalue weighted by Gasteiger charge is 2.30. The summed E-state index contributed by atoms with van der Waals surface area (Å²) in [6, 6.07) is 5.93. The predicted octanol–water partition coefficient (Wildman–Crippen LogP) is 2.59. The lowest BCUT2D eigenvalue weighted by molar-refractivity contribution is -0.123. The van der Waals surface area contributed by atoms with Crippen LogP contribution in [-0.2, 0) is 4.79 Å². The van der Waals surface area contributed by atoms with Crippen LogP contribution in [0.25, 0.3) is 0 Å². The number of benzene rings is 1. The molecule has 1 atom stereocenters. The molecule has 1 heterocycles. The van der Waals surface area contributed by atoms with Crippen LogP contribution in [0.4, 0.5) is 4.39 Å². The third-order valence-electron chi connectivity index (χ3n) is 3.35. The van der Waals surface area contributed by atoms with E-state index in [-0.39, 0.29) is 10.6 Å². The molecule has 0 aliphatic heterocycles. The summed E-state index contributed by atoms with van der Waals surface area (Å²) >= 11 is 5.89. The van der Waals surface area contributed by atoms with Gasteiger partial charge in [-0.1, -0.05) is 18.5 Å². The van der Waals surface area contributed by atoms with E-state index in [1.165, 1.54) is 30.5 Å². The summed E-state index contributed by atoms with van der Waals surface area (Å²) in [5.41, 5.74) is -0.411. The van der Waals surface area contributed by atoms with Gasteiger partial charge in [0.05, 0.1) is 5.02 Å². The van der Waals surface area contributed by atoms with E-state index in [9.17, 15) is 18.8 Å². The molecule has 1 aromatic heterocycles. The van der Waals surface area contributed by atoms with E-state index in [1.54, 1.807) is 0 Å². The average molecular weight is 351 g/mol. The van der Waals surface area contributed by atoms with Gasteiger partial charge < -0.3 is 5.32 Å². The van der Waals surface area contributed by atoms with E-state index in [2.05, 4.69) is 5.32 Å². The van der Waals surface area contributed by atoms with Gasteiger partial charge in [0.1, 0.15) is 5.82 Å². The first-order chi connectivity index (χ1) is 11.4. The number of hydrogen-bond acceptors (Lipinski definition) is 3. The highest BCUT2D eigenvalue weighted by atomic mass is 35.5. The summed E-state index contributed by atoms with van der Waals surface area (Å²) in [4.78, 5) is 37.3. The van der Waals surface area contributed by atoms with Crippen LogP contribution in [0.5, 0.6) is 0 Å². The number of rotatable bonds is 6. The molecular weight excluding hydrogens is 335 g/mol. The maximum Gasteiger partial charge on any atom is 0.251 e. The van der Waals surface area contributed by atoms with Crippen LogP contribution in [-0.4, -0.2) is 22.8 Å². The quantitative estimate of drug-likeness (QED) is 0.643. The maximum atomic E-state index is 13.1. The van der Waals surface area contributed by atoms with E-state index >= 15 is 0 Å². The first-order valence-corrected chi connectivity index (χ1v) is 7.77. The zero-order valence-electron chi connectivity index (χ0n) is 13.0. The molecule has 0 bridgehead atoms. The fourth-order valence-corrected chi connectivity index (χ4v) is 2.34. The second-order valence-corrected chi connectivity index (χ2v) is 5.59. The van der Waals surface area contributed by atoms with Crippen molar-refractivity contribution >= 4 is 23.3 Å². The van der Waals surface area contributed by atoms with Crippen molar-refractivity contribution < 1.29 is 14.0 Å². The average Bonchev–Trinajstić information content (AvgIpc) is 2.56. The van der Waals surface area contributed by atoms with Crippen LogP contribution in [0, 0.1) is 5.82 Å². The number of Topliss-reactive ketones (excluding diaryl/α,β-unsaturated/α-hetero) is 1. The fourth-order valence-electron chi connectivity index (χ4n) is 2.17. The Morgan fingerprint density at radius 3 is 2.50 bits per heavy atom. The first kappa shape index (κ1) is 17.9. The Morgan fingerprint density at radius 2 is 1.88 bits per heavy atom. The van der Waals surface area contributed by atoms with E-state index in [0.717, 1.165) is 16.7 Å². The second-order valence-electron chi connectivity index (χ2n) is 5.16. The topological polar surface area (TPSA) is 68.2 Å². The SMILES string of the molecule is CCCNC(=O)C(C(=O)c1ccc(F)cc1)n1cc(Cl)ccc1=O. The number of carbonyl (C=O) groups excluding carboxylic acids is 2. The normalized spacial score (nSPS) is 11.8. The molecule has 0 fully saturated rings. The standard InChI is InChI=1S/C17H16ClFN2O3/c1-2-9-20-17(24)15(21-10-12(18)5-8-14(21)22)16(23)11-3-6-13(19)7-4-11/h3-8,10,15H,2,9H2,1H3,(H,20,24). The van der Waals surface area contributed by atoms with Crippen LogP contribution >= 0.6 is 11.6 Å². The van der Waals surface area contributed by atoms with Crippen LogP contribution in [0.1, 0.15) is 29.7 Å². The molecule has 0 aliphatic carbocycles. The van der Waals surface area contributed by atoms with Crippen molar-refractivity contribution in [3.05, 3.63) is 69.4 Å². The van der Waals surface area contributed by atoms with Crippen molar-refractivity contribution in [2.45, 2.75) is 19.4 Å². The molecule has 2 rings (SSSR count). The Kier molecular flexibility index (Phi) is 5.87. The van der Waals surface area contributed by atoms with Gasteiger partial charge in [0.2, 0.25) is 0 Å². The van der Waals surface area contributed by atoms with Gasteiger partial charge in [-0.3, -0.25) is 19.0 Å². The van der Waals surface area contributed by atoms with Gasteiger partial charge in [0.25, 0.3) is 11.5 Å². The molecule has 1 amide bonds. The largest absolute Gasteiger partial charge is 0.354 e. The molecule has 2 aromatic rings. The van der Waals surface area contributed by atoms with Crippen molar-refractivity contribution in [1.29, 1.82) is 0 Å². The molecule has 0 spiro atoms. The molecular formula is C17H16ClFN2O3. The van der Waals surface area contributed by atoms with Crippen LogP contribution in [0.3, 0.4) is 0 Å². The van der Waals surface area contributed by atoms with Crippen molar-refractivity contribution in [3.8, 4) is 0 Å². The van der Waals surface area contributed by atoms with Gasteiger partial charge in [-0.05, 0) is 36.8 Å². The number of nitrogens with one attached hydrogen (secondary N) is 1. The molecule has 5 nitrogen and oxygen atoms in total. The Balaban J connectivity index is 2.48. The van der Waals surface area contributed by atoms with E-state index in [4.69, 9.17) is 11.6 Å². The predicted molar refractivity (Wildman–Crippen MR) is 88.8 cm³/mol. The zero-order chi connectivity index (χ0) is 17.7. The Hall–Kier alpha value is -2.47. The minimum absolute atomic E-state index is 0.125. The number of pyridine rings is 1. The van der Waals surface area contributed by atoms with E-state index in [0.29, 0.717) is 13.0 Å². The van der Waals surface area contributed by atoms with E-state index < -0.39 is 29.1 Å². The molecule has 24 heavy (non-hydrogen) atoms. The summed E-state index contributed by atoms with van der Waals surface area (Å²) < 4.78 is 14.0. The van der Waals surface area contributed by atoms with Crippen molar-refractivity contribution in [2.75, 3.05) is 6.54 Å². The second kappa shape index (κ2) is 7.88. The molecule has 0 saturated heterocycles. The van der Waals surface area contributed by atoms with Crippen molar-refractivity contribution in [2.24, 2.45) is 0 Å². The Bertz CT molecular complexity index is 802. The number of hydrogen-bond donors (Lipinski definition) is 1. The minimum atomic E-state index is -1.41. The molecule has 1 unspecified atom stereocenters. The number of nitrogens with zero attached hydrogens (tertiary/aromatic N) is 1. The summed E-state index contributed by atoms with van der Waals surface area (Å²) in [5, 5.41) is 2.82. The van der Waals surface area contributed by atoms with E-state index in [1.807, 2.05) is 6.92 Å². The van der Waals surface area contributed by atoms with Gasteiger partial charge in [0.15, 0.2) is 11.8 Å². The molecule has 1 N–H and O–H groups in total. The molecule has 126 valence electrons. The van der Waals surface area contributed by atoms with Gasteiger partial charge in [0, 0.05) is 24.4 Å². The Morgan fingerprint density at radius 1 is 1.21 bits per heavy atom. The van der Waals surface area contributed by atoms with Crippen molar-refractivity contribution in [1.82, 2.24) is 9.88 Å². The molecule has 0 radical (unpaired) electrons. The zero-order valence-corrected chi connectivity index (χ0v) is 13.7. The lowest BCUT2D eigenvalue weighted by atomic mass is 10.0. The van der Waals surface area contributed by atoms with Crippen molar-refractivity contribution in [3.63, 3.8) is 0 Å². The lowest BCUT2D eigenvalue weighted by Crippen LogP contribution is -2.41. The summed E-state index contributed by atoms with van der Waals surface area (Å²) in [7, 11) is 0. The smallest absolute Gasteiger partial charge is 0.251 e. The number of aromatic nitrogens is 1. The number of carbonyl (C=O) groups is 2. The fraction of sp³-hybridized carbons (Fsp3) is 0.235. The maximum absolute atomic E-state index is 13.1. The molecule has 7 heteroatoms. The van der Waals surface area contributed by atoms with Gasteiger partial charge in [-0.15, -0.1) is 0 Å². The van der Waals surface area contributed by atoms with Gasteiger partial charge in [-0.25, -0.2) is 4.39 Å². The third-order valence-corrected chi connectivity index (χ3v) is 3.58.